The maximum absolute atomic E-state index is 13.3. The van der Waals surface area contributed by atoms with Gasteiger partial charge in [-0.1, -0.05) is 34.0 Å². The number of fused-ring (bicyclic) bond motifs is 2. The first kappa shape index (κ1) is 20.7. The van der Waals surface area contributed by atoms with Gasteiger partial charge in [0.15, 0.2) is 5.76 Å². The summed E-state index contributed by atoms with van der Waals surface area (Å²) < 4.78 is 13.6. The molecule has 0 spiro atoms. The highest BCUT2D eigenvalue weighted by Gasteiger charge is 2.16. The van der Waals surface area contributed by atoms with Gasteiger partial charge in [-0.25, -0.2) is 4.98 Å². The van der Waals surface area contributed by atoms with Crippen LogP contribution in [0.15, 0.2) is 91.6 Å². The fraction of sp³-hybridized carbons (Fsp3) is 0.0385. The molecular weight excluding hydrogens is 482 g/mol. The number of para-hydroxylation sites is 1. The number of furan rings is 1. The Kier molecular flexibility index (Phi) is 5.51. The molecule has 7 heteroatoms. The maximum Gasteiger partial charge on any atom is 0.282 e. The number of hydrogen-bond acceptors (Lipinski definition) is 5. The van der Waals surface area contributed by atoms with Crippen LogP contribution >= 0.6 is 15.9 Å². The minimum Gasteiger partial charge on any atom is -0.481 e. The van der Waals surface area contributed by atoms with Crippen LogP contribution in [0.2, 0.25) is 0 Å². The van der Waals surface area contributed by atoms with E-state index in [9.17, 15) is 4.79 Å². The Hall–Kier alpha value is -4.15. The molecule has 2 aromatic heterocycles. The van der Waals surface area contributed by atoms with E-state index in [1.165, 1.54) is 4.68 Å². The molecule has 0 aliphatic rings. The van der Waals surface area contributed by atoms with E-state index in [2.05, 4.69) is 31.9 Å². The molecule has 0 saturated heterocycles. The molecule has 6 nitrogen and oxygen atoms in total. The average molecular weight is 498 g/mol. The molecule has 160 valence electrons. The number of aromatic nitrogens is 2. The number of hydrogen-bond donors (Lipinski definition) is 0. The number of benzene rings is 3. The second kappa shape index (κ2) is 8.77. The topological polar surface area (TPSA) is 69.6 Å². The highest BCUT2D eigenvalue weighted by molar-refractivity contribution is 9.10. The van der Waals surface area contributed by atoms with E-state index >= 15 is 0 Å². The quantitative estimate of drug-likeness (QED) is 0.238. The van der Waals surface area contributed by atoms with Crippen molar-refractivity contribution in [3.63, 3.8) is 0 Å². The zero-order valence-electron chi connectivity index (χ0n) is 17.2. The van der Waals surface area contributed by atoms with E-state index in [0.717, 1.165) is 15.4 Å². The molecule has 0 radical (unpaired) electrons. The van der Waals surface area contributed by atoms with Gasteiger partial charge in [0.2, 0.25) is 5.82 Å². The number of halogens is 1. The summed E-state index contributed by atoms with van der Waals surface area (Å²) >= 11 is 3.47. The molecular formula is C26H16BrN3O3. The van der Waals surface area contributed by atoms with Gasteiger partial charge in [-0.2, -0.15) is 9.78 Å². The Labute approximate surface area is 197 Å². The second-order valence-corrected chi connectivity index (χ2v) is 8.08. The van der Waals surface area contributed by atoms with Gasteiger partial charge in [0.25, 0.3) is 5.56 Å². The lowest BCUT2D eigenvalue weighted by Gasteiger charge is -2.07. The van der Waals surface area contributed by atoms with Gasteiger partial charge >= 0.3 is 0 Å². The molecule has 0 saturated carbocycles. The first-order valence-corrected chi connectivity index (χ1v) is 10.8. The number of nitrogens with zero attached hydrogens (tertiary/aromatic N) is 3. The van der Waals surface area contributed by atoms with E-state index in [1.807, 2.05) is 42.5 Å². The van der Waals surface area contributed by atoms with E-state index in [-0.39, 0.29) is 12.2 Å². The summed E-state index contributed by atoms with van der Waals surface area (Å²) in [4.78, 5) is 18.0. The maximum atomic E-state index is 13.3. The lowest BCUT2D eigenvalue weighted by molar-refractivity contribution is 0.370. The fourth-order valence-corrected chi connectivity index (χ4v) is 3.79. The van der Waals surface area contributed by atoms with E-state index in [4.69, 9.17) is 15.6 Å². The monoisotopic (exact) mass is 497 g/mol. The Bertz CT molecular complexity index is 1610. The second-order valence-electron chi connectivity index (χ2n) is 7.17. The Morgan fingerprint density at radius 1 is 1.12 bits per heavy atom. The summed E-state index contributed by atoms with van der Waals surface area (Å²) in [6.07, 6.45) is 6.81. The molecule has 0 unspecified atom stereocenters. The van der Waals surface area contributed by atoms with Crippen LogP contribution < -0.4 is 10.3 Å². The smallest absolute Gasteiger partial charge is 0.282 e. The van der Waals surface area contributed by atoms with Crippen LogP contribution in [0.5, 0.6) is 5.75 Å². The molecule has 2 heterocycles. The highest BCUT2D eigenvalue weighted by atomic mass is 79.9. The van der Waals surface area contributed by atoms with Crippen molar-refractivity contribution in [2.75, 3.05) is 6.61 Å². The molecule has 0 fully saturated rings. The van der Waals surface area contributed by atoms with E-state index in [0.29, 0.717) is 33.8 Å². The van der Waals surface area contributed by atoms with Crippen molar-refractivity contribution in [2.24, 2.45) is 5.10 Å². The summed E-state index contributed by atoms with van der Waals surface area (Å²) in [5.41, 5.74) is 1.75. The first-order chi connectivity index (χ1) is 16.1. The molecule has 0 aliphatic carbocycles. The molecule has 5 aromatic rings. The van der Waals surface area contributed by atoms with Crippen LogP contribution in [0.4, 0.5) is 0 Å². The standard InChI is InChI=1S/C26H16BrN3O3/c1-2-13-32-20-10-7-17(8-11-20)16-28-30-25(29-22-6-4-3-5-21(22)26(30)31)24-15-18-14-19(27)9-12-23(18)33-24/h1,3-12,14-16H,13H2. The van der Waals surface area contributed by atoms with Crippen LogP contribution in [-0.2, 0) is 0 Å². The molecule has 33 heavy (non-hydrogen) atoms. The summed E-state index contributed by atoms with van der Waals surface area (Å²) in [5, 5.41) is 5.81. The van der Waals surface area contributed by atoms with Crippen LogP contribution in [-0.4, -0.2) is 22.5 Å². The predicted molar refractivity (Wildman–Crippen MR) is 133 cm³/mol. The molecule has 5 rings (SSSR count). The summed E-state index contributed by atoms with van der Waals surface area (Å²) in [6.45, 7) is 0.197. The van der Waals surface area contributed by atoms with Crippen molar-refractivity contribution < 1.29 is 9.15 Å². The summed E-state index contributed by atoms with van der Waals surface area (Å²) in [7, 11) is 0. The zero-order valence-corrected chi connectivity index (χ0v) is 18.8. The van der Waals surface area contributed by atoms with Gasteiger partial charge < -0.3 is 9.15 Å². The summed E-state index contributed by atoms with van der Waals surface area (Å²) in [6, 6.07) is 21.9. The molecule has 3 aromatic carbocycles. The van der Waals surface area contributed by atoms with Crippen LogP contribution in [0.25, 0.3) is 33.5 Å². The van der Waals surface area contributed by atoms with Gasteiger partial charge in [0, 0.05) is 9.86 Å². The van der Waals surface area contributed by atoms with Crippen LogP contribution in [0.3, 0.4) is 0 Å². The van der Waals surface area contributed by atoms with Gasteiger partial charge in [-0.15, -0.1) is 6.42 Å². The third-order valence-electron chi connectivity index (χ3n) is 4.98. The zero-order chi connectivity index (χ0) is 22.8. The van der Waals surface area contributed by atoms with E-state index in [1.54, 1.807) is 36.5 Å². The van der Waals surface area contributed by atoms with Crippen molar-refractivity contribution in [2.45, 2.75) is 0 Å². The van der Waals surface area contributed by atoms with E-state index < -0.39 is 0 Å². The minimum absolute atomic E-state index is 0.197. The van der Waals surface area contributed by atoms with Crippen molar-refractivity contribution in [3.05, 3.63) is 93.2 Å². The van der Waals surface area contributed by atoms with Crippen molar-refractivity contribution >= 4 is 44.0 Å². The molecule has 0 bridgehead atoms. The highest BCUT2D eigenvalue weighted by Crippen LogP contribution is 2.29. The third kappa shape index (κ3) is 4.16. The lowest BCUT2D eigenvalue weighted by Crippen LogP contribution is -2.20. The largest absolute Gasteiger partial charge is 0.481 e. The molecule has 0 atom stereocenters. The van der Waals surface area contributed by atoms with Gasteiger partial charge in [-0.05, 0) is 66.2 Å². The Morgan fingerprint density at radius 3 is 2.76 bits per heavy atom. The first-order valence-electron chi connectivity index (χ1n) is 10.0. The summed E-state index contributed by atoms with van der Waals surface area (Å²) in [5.74, 6) is 3.85. The average Bonchev–Trinajstić information content (AvgIpc) is 3.26. The van der Waals surface area contributed by atoms with Crippen molar-refractivity contribution in [3.8, 4) is 29.7 Å². The molecule has 0 amide bonds. The van der Waals surface area contributed by atoms with Crippen LogP contribution in [0.1, 0.15) is 5.56 Å². The fourth-order valence-electron chi connectivity index (χ4n) is 3.41. The van der Waals surface area contributed by atoms with Gasteiger partial charge in [0.05, 0.1) is 17.1 Å². The normalized spacial score (nSPS) is 11.3. The van der Waals surface area contributed by atoms with Gasteiger partial charge in [0.1, 0.15) is 17.9 Å². The van der Waals surface area contributed by atoms with Crippen LogP contribution in [0, 0.1) is 12.3 Å². The number of rotatable bonds is 5. The van der Waals surface area contributed by atoms with Crippen molar-refractivity contribution in [1.82, 2.24) is 9.66 Å². The number of terminal acetylenes is 1. The minimum atomic E-state index is -0.289. The third-order valence-corrected chi connectivity index (χ3v) is 5.47. The lowest BCUT2D eigenvalue weighted by atomic mass is 10.2. The van der Waals surface area contributed by atoms with Gasteiger partial charge in [-0.3, -0.25) is 4.79 Å². The SMILES string of the molecule is C#CCOc1ccc(C=Nn2c(-c3cc4cc(Br)ccc4o3)nc3ccccc3c2=O)cc1. The predicted octanol–water partition coefficient (Wildman–Crippen LogP) is 5.47. The Balaban J connectivity index is 1.62. The Morgan fingerprint density at radius 2 is 1.94 bits per heavy atom. The number of ether oxygens (including phenoxy) is 1. The van der Waals surface area contributed by atoms with Crippen molar-refractivity contribution in [1.29, 1.82) is 0 Å². The molecule has 0 N–H and O–H groups in total. The molecule has 0 aliphatic heterocycles.